The first-order valence-electron chi connectivity index (χ1n) is 22.9. The normalized spacial score (nSPS) is 13.9. The Balaban J connectivity index is 4.16. The number of carbonyl (C=O) groups excluding carboxylic acids is 2. The van der Waals surface area contributed by atoms with Gasteiger partial charge >= 0.3 is 19.8 Å². The molecule has 0 fully saturated rings. The maximum atomic E-state index is 12.6. The Kier molecular flexibility index (Phi) is 42.1. The summed E-state index contributed by atoms with van der Waals surface area (Å²) in [6.07, 6.45) is 53.5. The first-order chi connectivity index (χ1) is 28.3. The highest BCUT2D eigenvalue weighted by atomic mass is 31.2. The van der Waals surface area contributed by atoms with Gasteiger partial charge in [-0.3, -0.25) is 18.6 Å². The third-order valence-corrected chi connectivity index (χ3v) is 10.3. The van der Waals surface area contributed by atoms with Gasteiger partial charge < -0.3 is 20.1 Å². The van der Waals surface area contributed by atoms with Crippen molar-refractivity contribution in [2.75, 3.05) is 26.4 Å². The predicted octanol–water partition coefficient (Wildman–Crippen LogP) is 13.4. The summed E-state index contributed by atoms with van der Waals surface area (Å²) in [4.78, 5) is 34.9. The van der Waals surface area contributed by atoms with Gasteiger partial charge in [-0.05, 0) is 83.5 Å². The second-order valence-electron chi connectivity index (χ2n) is 14.9. The number of phosphoric ester groups is 1. The quantitative estimate of drug-likeness (QED) is 0.0267. The van der Waals surface area contributed by atoms with Crippen LogP contribution >= 0.6 is 7.82 Å². The first-order valence-corrected chi connectivity index (χ1v) is 24.4. The fourth-order valence-electron chi connectivity index (χ4n) is 5.95. The van der Waals surface area contributed by atoms with E-state index in [0.717, 1.165) is 89.9 Å². The third-order valence-electron chi connectivity index (χ3n) is 9.33. The number of esters is 2. The minimum absolute atomic E-state index is 0.0465. The molecule has 334 valence electrons. The van der Waals surface area contributed by atoms with Gasteiger partial charge in [-0.1, -0.05) is 164 Å². The molecule has 0 amide bonds. The minimum Gasteiger partial charge on any atom is -0.462 e. The van der Waals surface area contributed by atoms with E-state index in [1.807, 2.05) is 0 Å². The van der Waals surface area contributed by atoms with Crippen molar-refractivity contribution in [3.05, 3.63) is 72.9 Å². The molecule has 3 N–H and O–H groups in total. The van der Waals surface area contributed by atoms with Gasteiger partial charge in [0.15, 0.2) is 6.10 Å². The highest BCUT2D eigenvalue weighted by molar-refractivity contribution is 7.47. The summed E-state index contributed by atoms with van der Waals surface area (Å²) in [5, 5.41) is 0. The number of carbonyl (C=O) groups is 2. The molecule has 0 aliphatic rings. The molecule has 0 saturated carbocycles. The number of rotatable bonds is 42. The van der Waals surface area contributed by atoms with E-state index in [2.05, 4.69) is 86.8 Å². The molecule has 0 aromatic heterocycles. The summed E-state index contributed by atoms with van der Waals surface area (Å²) in [5.74, 6) is -0.857. The molecule has 58 heavy (non-hydrogen) atoms. The van der Waals surface area contributed by atoms with Crippen LogP contribution in [-0.2, 0) is 32.7 Å². The van der Waals surface area contributed by atoms with E-state index in [-0.39, 0.29) is 32.6 Å². The lowest BCUT2D eigenvalue weighted by atomic mass is 10.1. The van der Waals surface area contributed by atoms with Gasteiger partial charge in [-0.2, -0.15) is 0 Å². The topological polar surface area (TPSA) is 134 Å². The van der Waals surface area contributed by atoms with E-state index >= 15 is 0 Å². The largest absolute Gasteiger partial charge is 0.472 e. The lowest BCUT2D eigenvalue weighted by molar-refractivity contribution is -0.161. The van der Waals surface area contributed by atoms with Crippen LogP contribution in [-0.4, -0.2) is 49.3 Å². The molecule has 0 aromatic rings. The van der Waals surface area contributed by atoms with E-state index in [0.29, 0.717) is 12.8 Å². The molecule has 0 spiro atoms. The lowest BCUT2D eigenvalue weighted by Crippen LogP contribution is -2.29. The van der Waals surface area contributed by atoms with Crippen LogP contribution in [0.4, 0.5) is 0 Å². The molecule has 0 heterocycles. The molecular weight excluding hydrogens is 750 g/mol. The highest BCUT2D eigenvalue weighted by Gasteiger charge is 2.26. The molecule has 0 radical (unpaired) electrons. The van der Waals surface area contributed by atoms with Gasteiger partial charge in [0, 0.05) is 19.4 Å². The Morgan fingerprint density at radius 1 is 0.534 bits per heavy atom. The Morgan fingerprint density at radius 2 is 0.948 bits per heavy atom. The van der Waals surface area contributed by atoms with Crippen molar-refractivity contribution in [3.8, 4) is 0 Å². The number of hydrogen-bond donors (Lipinski definition) is 2. The Bertz CT molecular complexity index is 1180. The van der Waals surface area contributed by atoms with Gasteiger partial charge in [-0.25, -0.2) is 4.57 Å². The molecule has 0 saturated heterocycles. The second kappa shape index (κ2) is 44.0. The second-order valence-corrected chi connectivity index (χ2v) is 16.3. The number of unbranched alkanes of at least 4 members (excludes halogenated alkanes) is 17. The van der Waals surface area contributed by atoms with Gasteiger partial charge in [0.25, 0.3) is 0 Å². The van der Waals surface area contributed by atoms with E-state index in [1.54, 1.807) is 0 Å². The average molecular weight is 834 g/mol. The monoisotopic (exact) mass is 834 g/mol. The van der Waals surface area contributed by atoms with Crippen LogP contribution in [0.3, 0.4) is 0 Å². The van der Waals surface area contributed by atoms with Crippen molar-refractivity contribution in [2.24, 2.45) is 5.73 Å². The molecule has 10 heteroatoms. The number of nitrogens with two attached hydrogens (primary N) is 1. The fourth-order valence-corrected chi connectivity index (χ4v) is 6.71. The van der Waals surface area contributed by atoms with Crippen LogP contribution in [0.25, 0.3) is 0 Å². The van der Waals surface area contributed by atoms with Crippen molar-refractivity contribution < 1.29 is 37.6 Å². The van der Waals surface area contributed by atoms with Gasteiger partial charge in [0.2, 0.25) is 0 Å². The summed E-state index contributed by atoms with van der Waals surface area (Å²) < 4.78 is 32.8. The number of ether oxygens (including phenoxy) is 2. The number of allylic oxidation sites excluding steroid dienone is 12. The fraction of sp³-hybridized carbons (Fsp3) is 0.708. The SMILES string of the molecule is CC/C=C\C/C=C\C/C=C\C/C=C\CCCCCCCCCCC(=O)OC(COC(=O)CCCCCCC/C=C\C/C=C\CCCCCC)COP(=O)(O)OCCN. The summed E-state index contributed by atoms with van der Waals surface area (Å²) in [6, 6.07) is 0. The smallest absolute Gasteiger partial charge is 0.462 e. The van der Waals surface area contributed by atoms with Crippen LogP contribution in [0, 0.1) is 0 Å². The van der Waals surface area contributed by atoms with Gasteiger partial charge in [-0.15, -0.1) is 0 Å². The van der Waals surface area contributed by atoms with Crippen molar-refractivity contribution in [1.29, 1.82) is 0 Å². The van der Waals surface area contributed by atoms with Gasteiger partial charge in [0.1, 0.15) is 6.61 Å². The number of phosphoric acid groups is 1. The van der Waals surface area contributed by atoms with Crippen molar-refractivity contribution in [2.45, 2.75) is 193 Å². The van der Waals surface area contributed by atoms with Crippen molar-refractivity contribution in [1.82, 2.24) is 0 Å². The molecule has 2 unspecified atom stereocenters. The van der Waals surface area contributed by atoms with Crippen LogP contribution in [0.2, 0.25) is 0 Å². The summed E-state index contributed by atoms with van der Waals surface area (Å²) in [5.41, 5.74) is 5.35. The zero-order valence-corrected chi connectivity index (χ0v) is 37.6. The third kappa shape index (κ3) is 43.0. The maximum absolute atomic E-state index is 12.6. The molecule has 0 bridgehead atoms. The van der Waals surface area contributed by atoms with Crippen LogP contribution in [0.15, 0.2) is 72.9 Å². The standard InChI is InChI=1S/C48H84NO8P/c1-3-5-7-9-11-13-15-17-19-21-22-23-24-25-27-29-31-33-35-37-39-41-48(51)57-46(45-56-58(52,53)55-43-42-49)44-54-47(50)40-38-36-34-32-30-28-26-20-18-16-14-12-10-8-6-4-2/h5,7,11,13-14,16-17,19-20,22-23,26,46H,3-4,6,8-10,12,15,18,21,24-25,27-45,49H2,1-2H3,(H,52,53)/b7-5-,13-11-,16-14-,19-17-,23-22-,26-20-. The van der Waals surface area contributed by atoms with Crippen molar-refractivity contribution >= 4 is 19.8 Å². The summed E-state index contributed by atoms with van der Waals surface area (Å²) in [7, 11) is -4.39. The lowest BCUT2D eigenvalue weighted by Gasteiger charge is -2.19. The maximum Gasteiger partial charge on any atom is 0.472 e. The van der Waals surface area contributed by atoms with Crippen molar-refractivity contribution in [3.63, 3.8) is 0 Å². The average Bonchev–Trinajstić information content (AvgIpc) is 3.21. The molecule has 0 aromatic carbocycles. The van der Waals surface area contributed by atoms with E-state index in [9.17, 15) is 19.0 Å². The van der Waals surface area contributed by atoms with E-state index in [4.69, 9.17) is 24.3 Å². The molecule has 0 rings (SSSR count). The molecule has 0 aliphatic carbocycles. The van der Waals surface area contributed by atoms with E-state index < -0.39 is 32.5 Å². The minimum atomic E-state index is -4.39. The molecule has 0 aliphatic heterocycles. The zero-order chi connectivity index (χ0) is 42.5. The molecule has 2 atom stereocenters. The summed E-state index contributed by atoms with van der Waals surface area (Å²) >= 11 is 0. The highest BCUT2D eigenvalue weighted by Crippen LogP contribution is 2.43. The van der Waals surface area contributed by atoms with Crippen LogP contribution in [0.5, 0.6) is 0 Å². The zero-order valence-electron chi connectivity index (χ0n) is 36.8. The molecule has 9 nitrogen and oxygen atoms in total. The Hall–Kier alpha value is -2.55. The Labute approximate surface area is 354 Å². The Morgan fingerprint density at radius 3 is 1.41 bits per heavy atom. The predicted molar refractivity (Wildman–Crippen MR) is 242 cm³/mol. The first kappa shape index (κ1) is 55.5. The van der Waals surface area contributed by atoms with Crippen LogP contribution in [0.1, 0.15) is 187 Å². The van der Waals surface area contributed by atoms with Gasteiger partial charge in [0.05, 0.1) is 13.2 Å². The number of hydrogen-bond acceptors (Lipinski definition) is 8. The summed E-state index contributed by atoms with van der Waals surface area (Å²) in [6.45, 7) is 3.57. The van der Waals surface area contributed by atoms with E-state index in [1.165, 1.54) is 57.8 Å². The van der Waals surface area contributed by atoms with Crippen LogP contribution < -0.4 is 5.73 Å². The molecular formula is C48H84NO8P.